The number of carbonyl (C=O) groups excluding carboxylic acids is 1. The Labute approximate surface area is 182 Å². The number of unbranched alkanes of at least 4 members (excludes halogenated alkanes) is 4. The standard InChI is InChI=1S/C25H29N5O/c1-3-4-5-6-9-16-27-25(31)21-22-24(29-20-11-8-7-10-19(20)28-22)30(23(21)26)18-14-12-17(2)13-15-18/h7-8,10-15H,3-6,9,16,26H2,1-2H3,(H,27,31). The smallest absolute Gasteiger partial charge is 0.257 e. The zero-order valence-corrected chi connectivity index (χ0v) is 18.2. The van der Waals surface area contributed by atoms with Crippen molar-refractivity contribution in [2.45, 2.75) is 46.0 Å². The fraction of sp³-hybridized carbons (Fsp3) is 0.320. The maximum Gasteiger partial charge on any atom is 0.257 e. The van der Waals surface area contributed by atoms with Crippen LogP contribution in [-0.4, -0.2) is 27.0 Å². The number of anilines is 1. The van der Waals surface area contributed by atoms with E-state index >= 15 is 0 Å². The molecule has 0 unspecified atom stereocenters. The molecule has 0 saturated carbocycles. The minimum absolute atomic E-state index is 0.201. The third kappa shape index (κ3) is 4.24. The number of para-hydroxylation sites is 2. The second-order valence-corrected chi connectivity index (χ2v) is 7.99. The van der Waals surface area contributed by atoms with Gasteiger partial charge in [-0.25, -0.2) is 9.97 Å². The second kappa shape index (κ2) is 9.16. The number of nitrogens with two attached hydrogens (primary N) is 1. The lowest BCUT2D eigenvalue weighted by Gasteiger charge is -2.08. The normalized spacial score (nSPS) is 11.3. The van der Waals surface area contributed by atoms with Crippen LogP contribution in [0, 0.1) is 6.92 Å². The van der Waals surface area contributed by atoms with Crippen molar-refractivity contribution in [3.63, 3.8) is 0 Å². The molecule has 0 spiro atoms. The largest absolute Gasteiger partial charge is 0.384 e. The van der Waals surface area contributed by atoms with Gasteiger partial charge in [-0.1, -0.05) is 62.4 Å². The summed E-state index contributed by atoms with van der Waals surface area (Å²) in [6, 6.07) is 15.7. The van der Waals surface area contributed by atoms with E-state index in [1.165, 1.54) is 19.3 Å². The first-order valence-electron chi connectivity index (χ1n) is 11.0. The number of nitrogens with one attached hydrogen (secondary N) is 1. The first-order chi connectivity index (χ1) is 15.1. The lowest BCUT2D eigenvalue weighted by molar-refractivity contribution is 0.0955. The van der Waals surface area contributed by atoms with Gasteiger partial charge in [-0.15, -0.1) is 0 Å². The first kappa shape index (κ1) is 20.8. The molecule has 31 heavy (non-hydrogen) atoms. The van der Waals surface area contributed by atoms with E-state index in [-0.39, 0.29) is 5.91 Å². The molecule has 1 amide bonds. The van der Waals surface area contributed by atoms with Crippen LogP contribution in [0.25, 0.3) is 27.9 Å². The van der Waals surface area contributed by atoms with Gasteiger partial charge in [-0.05, 0) is 37.6 Å². The molecule has 0 aliphatic heterocycles. The highest BCUT2D eigenvalue weighted by atomic mass is 16.1. The number of aromatic nitrogens is 3. The van der Waals surface area contributed by atoms with Crippen LogP contribution in [-0.2, 0) is 0 Å². The summed E-state index contributed by atoms with van der Waals surface area (Å²) < 4.78 is 1.82. The number of hydrogen-bond acceptors (Lipinski definition) is 4. The van der Waals surface area contributed by atoms with Crippen LogP contribution in [0.3, 0.4) is 0 Å². The van der Waals surface area contributed by atoms with Gasteiger partial charge in [-0.2, -0.15) is 0 Å². The number of fused-ring (bicyclic) bond motifs is 2. The summed E-state index contributed by atoms with van der Waals surface area (Å²) in [7, 11) is 0. The Morgan fingerprint density at radius 1 is 0.968 bits per heavy atom. The Bertz CT molecular complexity index is 1210. The molecular formula is C25H29N5O. The second-order valence-electron chi connectivity index (χ2n) is 7.99. The Hall–Kier alpha value is -3.41. The minimum atomic E-state index is -0.201. The Balaban J connectivity index is 1.75. The third-order valence-electron chi connectivity index (χ3n) is 5.58. The molecule has 3 N–H and O–H groups in total. The van der Waals surface area contributed by atoms with Gasteiger partial charge in [0.15, 0.2) is 5.65 Å². The van der Waals surface area contributed by atoms with Crippen LogP contribution in [0.4, 0.5) is 5.82 Å². The fourth-order valence-corrected chi connectivity index (χ4v) is 3.86. The predicted molar refractivity (Wildman–Crippen MR) is 127 cm³/mol. The molecule has 0 aliphatic carbocycles. The van der Waals surface area contributed by atoms with Crippen LogP contribution in [0.15, 0.2) is 48.5 Å². The summed E-state index contributed by atoms with van der Waals surface area (Å²) in [6.07, 6.45) is 5.69. The first-order valence-corrected chi connectivity index (χ1v) is 11.0. The molecule has 2 heterocycles. The van der Waals surface area contributed by atoms with Crippen molar-refractivity contribution in [1.29, 1.82) is 0 Å². The maximum atomic E-state index is 13.1. The Morgan fingerprint density at radius 3 is 2.35 bits per heavy atom. The van der Waals surface area contributed by atoms with Gasteiger partial charge in [0.05, 0.1) is 11.0 Å². The van der Waals surface area contributed by atoms with E-state index in [1.807, 2.05) is 60.0 Å². The molecule has 160 valence electrons. The highest BCUT2D eigenvalue weighted by Crippen LogP contribution is 2.31. The summed E-state index contributed by atoms with van der Waals surface area (Å²) in [6.45, 7) is 4.85. The number of nitrogen functional groups attached to an aromatic ring is 1. The van der Waals surface area contributed by atoms with Crippen LogP contribution in [0.2, 0.25) is 0 Å². The van der Waals surface area contributed by atoms with E-state index in [0.29, 0.717) is 29.1 Å². The lowest BCUT2D eigenvalue weighted by Crippen LogP contribution is -2.25. The van der Waals surface area contributed by atoms with E-state index in [2.05, 4.69) is 12.2 Å². The molecule has 0 saturated heterocycles. The van der Waals surface area contributed by atoms with E-state index in [0.717, 1.165) is 35.1 Å². The van der Waals surface area contributed by atoms with E-state index in [4.69, 9.17) is 15.7 Å². The zero-order valence-electron chi connectivity index (χ0n) is 18.2. The van der Waals surface area contributed by atoms with Gasteiger partial charge in [0.2, 0.25) is 0 Å². The number of benzene rings is 2. The summed E-state index contributed by atoms with van der Waals surface area (Å²) in [5.41, 5.74) is 11.6. The molecular weight excluding hydrogens is 386 g/mol. The Kier molecular flexibility index (Phi) is 6.16. The minimum Gasteiger partial charge on any atom is -0.384 e. The van der Waals surface area contributed by atoms with Crippen LogP contribution >= 0.6 is 0 Å². The number of aryl methyl sites for hydroxylation is 1. The van der Waals surface area contributed by atoms with Crippen LogP contribution in [0.1, 0.15) is 54.9 Å². The van der Waals surface area contributed by atoms with E-state index in [9.17, 15) is 4.79 Å². The molecule has 0 aliphatic rings. The molecule has 0 fully saturated rings. The molecule has 6 heteroatoms. The average Bonchev–Trinajstić information content (AvgIpc) is 3.06. The van der Waals surface area contributed by atoms with Crippen molar-refractivity contribution in [2.24, 2.45) is 0 Å². The molecule has 0 radical (unpaired) electrons. The van der Waals surface area contributed by atoms with Crippen molar-refractivity contribution in [3.8, 4) is 5.69 Å². The number of rotatable bonds is 8. The third-order valence-corrected chi connectivity index (χ3v) is 5.58. The SMILES string of the molecule is CCCCCCCNC(=O)c1c(N)n(-c2ccc(C)cc2)c2nc3ccccc3nc12. The molecule has 0 bridgehead atoms. The highest BCUT2D eigenvalue weighted by Gasteiger charge is 2.24. The van der Waals surface area contributed by atoms with Crippen LogP contribution in [0.5, 0.6) is 0 Å². The van der Waals surface area contributed by atoms with Gasteiger partial charge < -0.3 is 11.1 Å². The molecule has 4 aromatic rings. The van der Waals surface area contributed by atoms with E-state index < -0.39 is 0 Å². The summed E-state index contributed by atoms with van der Waals surface area (Å²) in [5.74, 6) is 0.158. The summed E-state index contributed by atoms with van der Waals surface area (Å²) in [5, 5.41) is 3.03. The van der Waals surface area contributed by atoms with Crippen LogP contribution < -0.4 is 11.1 Å². The molecule has 2 aromatic carbocycles. The fourth-order valence-electron chi connectivity index (χ4n) is 3.86. The number of amides is 1. The lowest BCUT2D eigenvalue weighted by atomic mass is 10.1. The monoisotopic (exact) mass is 415 g/mol. The quantitative estimate of drug-likeness (QED) is 0.389. The van der Waals surface area contributed by atoms with Gasteiger partial charge in [0, 0.05) is 12.2 Å². The topological polar surface area (TPSA) is 85.8 Å². The maximum absolute atomic E-state index is 13.1. The van der Waals surface area contributed by atoms with Gasteiger partial charge in [0.1, 0.15) is 16.9 Å². The summed E-state index contributed by atoms with van der Waals surface area (Å²) >= 11 is 0. The molecule has 4 rings (SSSR count). The van der Waals surface area contributed by atoms with Crippen molar-refractivity contribution in [2.75, 3.05) is 12.3 Å². The molecule has 2 aromatic heterocycles. The Morgan fingerprint density at radius 2 is 1.65 bits per heavy atom. The van der Waals surface area contributed by atoms with Gasteiger partial charge >= 0.3 is 0 Å². The number of nitrogens with zero attached hydrogens (tertiary/aromatic N) is 3. The molecule has 6 nitrogen and oxygen atoms in total. The van der Waals surface area contributed by atoms with Gasteiger partial charge in [0.25, 0.3) is 5.91 Å². The highest BCUT2D eigenvalue weighted by molar-refractivity contribution is 6.11. The van der Waals surface area contributed by atoms with Gasteiger partial charge in [-0.3, -0.25) is 9.36 Å². The average molecular weight is 416 g/mol. The summed E-state index contributed by atoms with van der Waals surface area (Å²) in [4.78, 5) is 22.7. The van der Waals surface area contributed by atoms with Crippen molar-refractivity contribution < 1.29 is 4.79 Å². The van der Waals surface area contributed by atoms with Crippen molar-refractivity contribution in [3.05, 3.63) is 59.7 Å². The predicted octanol–water partition coefficient (Wildman–Crippen LogP) is 5.16. The number of hydrogen-bond donors (Lipinski definition) is 2. The molecule has 0 atom stereocenters. The van der Waals surface area contributed by atoms with E-state index in [1.54, 1.807) is 0 Å². The zero-order chi connectivity index (χ0) is 21.8. The van der Waals surface area contributed by atoms with Crippen molar-refractivity contribution >= 4 is 33.9 Å². The number of carbonyl (C=O) groups is 1. The van der Waals surface area contributed by atoms with Crippen molar-refractivity contribution in [1.82, 2.24) is 19.9 Å².